The number of benzene rings is 1. The zero-order valence-corrected chi connectivity index (χ0v) is 11.8. The van der Waals surface area contributed by atoms with Crippen molar-refractivity contribution in [2.24, 2.45) is 7.05 Å². The van der Waals surface area contributed by atoms with Crippen molar-refractivity contribution in [1.82, 2.24) is 14.8 Å². The number of nitrogens with zero attached hydrogens (tertiary/aromatic N) is 3. The number of nitrogens with one attached hydrogen (secondary N) is 1. The number of para-hydroxylation sites is 1. The number of aromatic nitrogens is 3. The van der Waals surface area contributed by atoms with Crippen LogP contribution in [0.25, 0.3) is 10.9 Å². The zero-order chi connectivity index (χ0) is 14.7. The summed E-state index contributed by atoms with van der Waals surface area (Å²) in [5.41, 5.74) is 2.60. The summed E-state index contributed by atoms with van der Waals surface area (Å²) in [6, 6.07) is 12.0. The second-order valence-electron chi connectivity index (χ2n) is 4.95. The molecule has 0 aliphatic heterocycles. The summed E-state index contributed by atoms with van der Waals surface area (Å²) < 4.78 is 1.65. The summed E-state index contributed by atoms with van der Waals surface area (Å²) in [5, 5.41) is 7.94. The lowest BCUT2D eigenvalue weighted by Gasteiger charge is -2.04. The van der Waals surface area contributed by atoms with Gasteiger partial charge < -0.3 is 5.32 Å². The lowest BCUT2D eigenvalue weighted by Crippen LogP contribution is -2.12. The Labute approximate surface area is 122 Å². The van der Waals surface area contributed by atoms with Crippen LogP contribution in [0.15, 0.2) is 48.8 Å². The molecule has 3 rings (SSSR count). The number of amides is 1. The molecule has 1 N–H and O–H groups in total. The van der Waals surface area contributed by atoms with Crippen molar-refractivity contribution in [2.75, 3.05) is 5.32 Å². The Balaban J connectivity index is 1.61. The van der Waals surface area contributed by atoms with Gasteiger partial charge in [0.2, 0.25) is 5.91 Å². The van der Waals surface area contributed by atoms with Crippen LogP contribution in [-0.2, 0) is 18.3 Å². The van der Waals surface area contributed by atoms with Gasteiger partial charge in [0, 0.05) is 30.7 Å². The fraction of sp³-hybridized carbons (Fsp3) is 0.188. The number of carbonyl (C=O) groups is 1. The average Bonchev–Trinajstić information content (AvgIpc) is 2.90. The van der Waals surface area contributed by atoms with Gasteiger partial charge in [0.05, 0.1) is 17.4 Å². The summed E-state index contributed by atoms with van der Waals surface area (Å²) in [7, 11) is 1.81. The molecule has 0 bridgehead atoms. The molecule has 1 amide bonds. The van der Waals surface area contributed by atoms with Crippen molar-refractivity contribution >= 4 is 22.5 Å². The van der Waals surface area contributed by atoms with Crippen molar-refractivity contribution in [3.8, 4) is 0 Å². The van der Waals surface area contributed by atoms with Gasteiger partial charge in [0.25, 0.3) is 0 Å². The zero-order valence-electron chi connectivity index (χ0n) is 11.8. The molecule has 0 unspecified atom stereocenters. The third-order valence-electron chi connectivity index (χ3n) is 3.25. The molecular weight excluding hydrogens is 264 g/mol. The summed E-state index contributed by atoms with van der Waals surface area (Å²) in [4.78, 5) is 16.4. The van der Waals surface area contributed by atoms with Gasteiger partial charge in [0.15, 0.2) is 0 Å². The van der Waals surface area contributed by atoms with Gasteiger partial charge in [-0.2, -0.15) is 5.10 Å². The number of anilines is 1. The predicted molar refractivity (Wildman–Crippen MR) is 81.9 cm³/mol. The van der Waals surface area contributed by atoms with Crippen LogP contribution < -0.4 is 5.32 Å². The molecule has 106 valence electrons. The first-order valence-electron chi connectivity index (χ1n) is 6.84. The molecule has 21 heavy (non-hydrogen) atoms. The molecule has 2 heterocycles. The highest BCUT2D eigenvalue weighted by molar-refractivity contribution is 5.90. The van der Waals surface area contributed by atoms with Gasteiger partial charge in [0.1, 0.15) is 0 Å². The second-order valence-corrected chi connectivity index (χ2v) is 4.95. The van der Waals surface area contributed by atoms with Crippen molar-refractivity contribution in [2.45, 2.75) is 12.8 Å². The molecule has 0 saturated heterocycles. The first kappa shape index (κ1) is 13.3. The molecule has 1 aromatic carbocycles. The first-order valence-corrected chi connectivity index (χ1v) is 6.84. The molecule has 0 fully saturated rings. The highest BCUT2D eigenvalue weighted by Gasteiger charge is 2.05. The van der Waals surface area contributed by atoms with Gasteiger partial charge in [-0.3, -0.25) is 14.5 Å². The normalized spacial score (nSPS) is 10.7. The maximum atomic E-state index is 11.9. The monoisotopic (exact) mass is 280 g/mol. The highest BCUT2D eigenvalue weighted by Crippen LogP contribution is 2.13. The molecule has 5 nitrogen and oxygen atoms in total. The topological polar surface area (TPSA) is 59.8 Å². The first-order chi connectivity index (χ1) is 10.2. The van der Waals surface area contributed by atoms with Gasteiger partial charge in [-0.05, 0) is 18.6 Å². The Morgan fingerprint density at radius 3 is 2.90 bits per heavy atom. The summed E-state index contributed by atoms with van der Waals surface area (Å²) in [5.74, 6) is -0.0297. The number of rotatable bonds is 4. The summed E-state index contributed by atoms with van der Waals surface area (Å²) >= 11 is 0. The van der Waals surface area contributed by atoms with Crippen LogP contribution in [0, 0.1) is 0 Å². The van der Waals surface area contributed by atoms with Crippen LogP contribution in [0.3, 0.4) is 0 Å². The van der Waals surface area contributed by atoms with E-state index in [1.165, 1.54) is 0 Å². The minimum atomic E-state index is -0.0297. The number of carbonyl (C=O) groups excluding carboxylic acids is 1. The van der Waals surface area contributed by atoms with Crippen LogP contribution in [-0.4, -0.2) is 20.7 Å². The van der Waals surface area contributed by atoms with Crippen molar-refractivity contribution in [3.05, 3.63) is 54.5 Å². The van der Waals surface area contributed by atoms with Crippen molar-refractivity contribution in [3.63, 3.8) is 0 Å². The quantitative estimate of drug-likeness (QED) is 0.799. The number of aryl methyl sites for hydroxylation is 2. The smallest absolute Gasteiger partial charge is 0.224 e. The van der Waals surface area contributed by atoms with Crippen LogP contribution in [0.5, 0.6) is 0 Å². The maximum absolute atomic E-state index is 11.9. The van der Waals surface area contributed by atoms with Gasteiger partial charge >= 0.3 is 0 Å². The number of pyridine rings is 1. The highest BCUT2D eigenvalue weighted by atomic mass is 16.1. The van der Waals surface area contributed by atoms with E-state index in [0.29, 0.717) is 18.5 Å². The Morgan fingerprint density at radius 2 is 2.10 bits per heavy atom. The molecule has 0 aliphatic carbocycles. The van der Waals surface area contributed by atoms with Gasteiger partial charge in [-0.15, -0.1) is 0 Å². The lowest BCUT2D eigenvalue weighted by molar-refractivity contribution is -0.116. The third-order valence-corrected chi connectivity index (χ3v) is 3.25. The van der Waals surface area contributed by atoms with Crippen molar-refractivity contribution < 1.29 is 4.79 Å². The fourth-order valence-corrected chi connectivity index (χ4v) is 2.20. The molecule has 0 atom stereocenters. The SMILES string of the molecule is Cn1cc(NC(=O)CCc2ccc3ccccc3n2)cn1. The number of hydrogen-bond acceptors (Lipinski definition) is 3. The average molecular weight is 280 g/mol. The molecule has 5 heteroatoms. The lowest BCUT2D eigenvalue weighted by atomic mass is 10.1. The molecule has 0 saturated carbocycles. The molecule has 0 aliphatic rings. The van der Waals surface area contributed by atoms with E-state index in [-0.39, 0.29) is 5.91 Å². The third kappa shape index (κ3) is 3.25. The molecule has 2 aromatic heterocycles. The predicted octanol–water partition coefficient (Wildman–Crippen LogP) is 2.54. The standard InChI is InChI=1S/C16H16N4O/c1-20-11-14(10-17-20)19-16(21)9-8-13-7-6-12-4-2-3-5-15(12)18-13/h2-7,10-11H,8-9H2,1H3,(H,19,21). The van der Waals surface area contributed by atoms with Gasteiger partial charge in [-0.1, -0.05) is 24.3 Å². The summed E-state index contributed by atoms with van der Waals surface area (Å²) in [6.07, 6.45) is 4.43. The molecule has 3 aromatic rings. The van der Waals surface area contributed by atoms with Crippen LogP contribution in [0.1, 0.15) is 12.1 Å². The van der Waals surface area contributed by atoms with E-state index in [1.807, 2.05) is 43.4 Å². The van der Waals surface area contributed by atoms with Crippen LogP contribution >= 0.6 is 0 Å². The molecule has 0 spiro atoms. The minimum Gasteiger partial charge on any atom is -0.323 e. The van der Waals surface area contributed by atoms with E-state index in [4.69, 9.17) is 0 Å². The minimum absolute atomic E-state index is 0.0297. The Kier molecular flexibility index (Phi) is 3.64. The number of fused-ring (bicyclic) bond motifs is 1. The maximum Gasteiger partial charge on any atom is 0.224 e. The van der Waals surface area contributed by atoms with Crippen molar-refractivity contribution in [1.29, 1.82) is 0 Å². The number of hydrogen-bond donors (Lipinski definition) is 1. The van der Waals surface area contributed by atoms with E-state index >= 15 is 0 Å². The fourth-order valence-electron chi connectivity index (χ4n) is 2.20. The van der Waals surface area contributed by atoms with E-state index in [1.54, 1.807) is 17.1 Å². The largest absolute Gasteiger partial charge is 0.323 e. The van der Waals surface area contributed by atoms with Crippen LogP contribution in [0.2, 0.25) is 0 Å². The second kappa shape index (κ2) is 5.75. The van der Waals surface area contributed by atoms with E-state index < -0.39 is 0 Å². The Morgan fingerprint density at radius 1 is 1.24 bits per heavy atom. The molecular formula is C16H16N4O. The van der Waals surface area contributed by atoms with E-state index in [9.17, 15) is 4.79 Å². The van der Waals surface area contributed by atoms with E-state index in [2.05, 4.69) is 15.4 Å². The summed E-state index contributed by atoms with van der Waals surface area (Å²) in [6.45, 7) is 0. The van der Waals surface area contributed by atoms with E-state index in [0.717, 1.165) is 16.6 Å². The Bertz CT molecular complexity index is 779. The van der Waals surface area contributed by atoms with Gasteiger partial charge in [-0.25, -0.2) is 0 Å². The van der Waals surface area contributed by atoms with Crippen LogP contribution in [0.4, 0.5) is 5.69 Å². The Hall–Kier alpha value is -2.69. The molecule has 0 radical (unpaired) electrons.